The van der Waals surface area contributed by atoms with E-state index in [1.165, 1.54) is 0 Å². The van der Waals surface area contributed by atoms with Crippen molar-refractivity contribution in [3.63, 3.8) is 0 Å². The number of ether oxygens (including phenoxy) is 1. The molecular formula is C26H27F2N3O3. The Morgan fingerprint density at radius 1 is 1.03 bits per heavy atom. The zero-order chi connectivity index (χ0) is 23.9. The molecule has 6 nitrogen and oxygen atoms in total. The van der Waals surface area contributed by atoms with Crippen LogP contribution in [0.25, 0.3) is 11.1 Å². The van der Waals surface area contributed by atoms with E-state index in [0.717, 1.165) is 23.0 Å². The molecule has 1 saturated heterocycles. The van der Waals surface area contributed by atoms with Gasteiger partial charge in [0.05, 0.1) is 0 Å². The predicted octanol–water partition coefficient (Wildman–Crippen LogP) is 5.67. The van der Waals surface area contributed by atoms with Crippen molar-refractivity contribution in [3.05, 3.63) is 59.4 Å². The topological polar surface area (TPSA) is 68.5 Å². The van der Waals surface area contributed by atoms with Gasteiger partial charge in [-0.2, -0.15) is 4.98 Å². The number of piperidine rings is 1. The van der Waals surface area contributed by atoms with E-state index in [4.69, 9.17) is 9.26 Å². The molecule has 0 atom stereocenters. The van der Waals surface area contributed by atoms with Gasteiger partial charge >= 0.3 is 6.01 Å². The number of nitrogens with zero attached hydrogens (tertiary/aromatic N) is 3. The highest BCUT2D eigenvalue weighted by atomic mass is 19.3. The van der Waals surface area contributed by atoms with Crippen LogP contribution in [0, 0.1) is 0 Å². The fraction of sp³-hybridized carbons (Fsp3) is 0.423. The molecule has 178 valence electrons. The number of carbonyl (C=O) groups is 1. The monoisotopic (exact) mass is 467 g/mol. The minimum atomic E-state index is -2.97. The lowest BCUT2D eigenvalue weighted by atomic mass is 9.83. The second-order valence-corrected chi connectivity index (χ2v) is 9.44. The Morgan fingerprint density at radius 3 is 2.38 bits per heavy atom. The third-order valence-corrected chi connectivity index (χ3v) is 6.91. The van der Waals surface area contributed by atoms with Crippen LogP contribution in [0.5, 0.6) is 5.75 Å². The van der Waals surface area contributed by atoms with Crippen LogP contribution in [-0.2, 0) is 6.42 Å². The number of benzene rings is 2. The Bertz CT molecular complexity index is 1180. The van der Waals surface area contributed by atoms with Gasteiger partial charge in [-0.25, -0.2) is 8.78 Å². The fourth-order valence-electron chi connectivity index (χ4n) is 4.73. The van der Waals surface area contributed by atoms with Crippen molar-refractivity contribution in [1.29, 1.82) is 0 Å². The highest BCUT2D eigenvalue weighted by Gasteiger charge is 2.58. The standard InChI is InChI=1S/C26H27F2N3O3/c1-17(2)23-29-24(34-30-23)31-13-11-25(12-14-31)26(27,28)10-9-21-15-20(7-8-22(21)33-25)19-5-3-18(16-32)4-6-19/h3-8,15-17H,9-14H2,1-2H3. The van der Waals surface area contributed by atoms with E-state index in [1.807, 2.05) is 43.0 Å². The fourth-order valence-corrected chi connectivity index (χ4v) is 4.73. The van der Waals surface area contributed by atoms with E-state index >= 15 is 8.78 Å². The van der Waals surface area contributed by atoms with Crippen LogP contribution in [0.4, 0.5) is 14.8 Å². The first-order valence-electron chi connectivity index (χ1n) is 11.6. The predicted molar refractivity (Wildman–Crippen MR) is 124 cm³/mol. The molecule has 0 radical (unpaired) electrons. The van der Waals surface area contributed by atoms with Crippen molar-refractivity contribution in [3.8, 4) is 16.9 Å². The highest BCUT2D eigenvalue weighted by molar-refractivity contribution is 5.77. The van der Waals surface area contributed by atoms with Gasteiger partial charge in [-0.1, -0.05) is 49.3 Å². The van der Waals surface area contributed by atoms with Crippen molar-refractivity contribution < 1.29 is 22.8 Å². The van der Waals surface area contributed by atoms with Gasteiger partial charge in [-0.3, -0.25) is 4.79 Å². The minimum Gasteiger partial charge on any atom is -0.481 e. The normalized spacial score (nSPS) is 18.9. The van der Waals surface area contributed by atoms with Crippen LogP contribution in [0.3, 0.4) is 0 Å². The Balaban J connectivity index is 1.38. The molecule has 0 amide bonds. The molecule has 2 aliphatic rings. The van der Waals surface area contributed by atoms with Crippen molar-refractivity contribution >= 4 is 12.3 Å². The summed E-state index contributed by atoms with van der Waals surface area (Å²) in [6, 6.07) is 13.2. The number of alkyl halides is 2. The molecule has 1 spiro atoms. The summed E-state index contributed by atoms with van der Waals surface area (Å²) in [5.74, 6) is -1.72. The molecule has 0 N–H and O–H groups in total. The number of carbonyl (C=O) groups excluding carboxylic acids is 1. The summed E-state index contributed by atoms with van der Waals surface area (Å²) in [6.07, 6.45) is 1.08. The van der Waals surface area contributed by atoms with Crippen LogP contribution in [0.2, 0.25) is 0 Å². The first kappa shape index (κ1) is 22.5. The Morgan fingerprint density at radius 2 is 1.74 bits per heavy atom. The van der Waals surface area contributed by atoms with Gasteiger partial charge in [0.1, 0.15) is 12.0 Å². The largest absolute Gasteiger partial charge is 0.481 e. The number of fused-ring (bicyclic) bond motifs is 1. The number of halogens is 2. The second-order valence-electron chi connectivity index (χ2n) is 9.44. The van der Waals surface area contributed by atoms with Crippen LogP contribution in [0.1, 0.15) is 60.8 Å². The third kappa shape index (κ3) is 3.95. The summed E-state index contributed by atoms with van der Waals surface area (Å²) < 4.78 is 42.5. The molecular weight excluding hydrogens is 440 g/mol. The summed E-state index contributed by atoms with van der Waals surface area (Å²) in [5.41, 5.74) is 1.63. The van der Waals surface area contributed by atoms with Crippen molar-refractivity contribution in [1.82, 2.24) is 10.1 Å². The third-order valence-electron chi connectivity index (χ3n) is 6.91. The summed E-state index contributed by atoms with van der Waals surface area (Å²) in [7, 11) is 0. The molecule has 5 rings (SSSR count). The zero-order valence-corrected chi connectivity index (χ0v) is 19.3. The first-order valence-corrected chi connectivity index (χ1v) is 11.6. The van der Waals surface area contributed by atoms with Gasteiger partial charge in [-0.05, 0) is 35.2 Å². The van der Waals surface area contributed by atoms with Gasteiger partial charge in [0.25, 0.3) is 5.92 Å². The summed E-state index contributed by atoms with van der Waals surface area (Å²) in [6.45, 7) is 4.66. The minimum absolute atomic E-state index is 0.132. The van der Waals surface area contributed by atoms with Crippen LogP contribution < -0.4 is 9.64 Å². The molecule has 1 aromatic heterocycles. The van der Waals surface area contributed by atoms with Gasteiger partial charge in [0.2, 0.25) is 0 Å². The molecule has 2 aliphatic heterocycles. The molecule has 0 saturated carbocycles. The molecule has 0 bridgehead atoms. The van der Waals surface area contributed by atoms with E-state index in [-0.39, 0.29) is 31.6 Å². The van der Waals surface area contributed by atoms with Crippen LogP contribution in [-0.4, -0.2) is 41.0 Å². The second kappa shape index (κ2) is 8.49. The molecule has 2 aromatic carbocycles. The average Bonchev–Trinajstić information content (AvgIpc) is 3.31. The molecule has 0 unspecified atom stereocenters. The maximum Gasteiger partial charge on any atom is 0.324 e. The maximum atomic E-state index is 15.5. The van der Waals surface area contributed by atoms with Gasteiger partial charge in [0, 0.05) is 43.8 Å². The van der Waals surface area contributed by atoms with Crippen molar-refractivity contribution in [2.75, 3.05) is 18.0 Å². The quantitative estimate of drug-likeness (QED) is 0.461. The summed E-state index contributed by atoms with van der Waals surface area (Å²) in [5, 5.41) is 3.99. The first-order chi connectivity index (χ1) is 16.3. The van der Waals surface area contributed by atoms with Gasteiger partial charge < -0.3 is 14.2 Å². The van der Waals surface area contributed by atoms with E-state index in [0.29, 0.717) is 36.2 Å². The molecule has 3 aromatic rings. The van der Waals surface area contributed by atoms with E-state index in [9.17, 15) is 4.79 Å². The number of aldehydes is 1. The van der Waals surface area contributed by atoms with E-state index < -0.39 is 11.5 Å². The molecule has 3 heterocycles. The number of hydrogen-bond donors (Lipinski definition) is 0. The van der Waals surface area contributed by atoms with Gasteiger partial charge in [0.15, 0.2) is 11.4 Å². The number of hydrogen-bond acceptors (Lipinski definition) is 6. The lowest BCUT2D eigenvalue weighted by molar-refractivity contribution is -0.174. The van der Waals surface area contributed by atoms with Crippen LogP contribution >= 0.6 is 0 Å². The van der Waals surface area contributed by atoms with Gasteiger partial charge in [-0.15, -0.1) is 0 Å². The molecule has 1 fully saturated rings. The highest BCUT2D eigenvalue weighted by Crippen LogP contribution is 2.48. The lowest BCUT2D eigenvalue weighted by Gasteiger charge is -2.44. The lowest BCUT2D eigenvalue weighted by Crippen LogP contribution is -2.58. The average molecular weight is 468 g/mol. The maximum absolute atomic E-state index is 15.5. The van der Waals surface area contributed by atoms with E-state index in [1.54, 1.807) is 18.2 Å². The van der Waals surface area contributed by atoms with Crippen molar-refractivity contribution in [2.24, 2.45) is 0 Å². The molecule has 0 aliphatic carbocycles. The molecule has 8 heteroatoms. The number of rotatable bonds is 4. The summed E-state index contributed by atoms with van der Waals surface area (Å²) in [4.78, 5) is 17.2. The summed E-state index contributed by atoms with van der Waals surface area (Å²) >= 11 is 0. The number of anilines is 1. The zero-order valence-electron chi connectivity index (χ0n) is 19.3. The Hall–Kier alpha value is -3.29. The number of aromatic nitrogens is 2. The SMILES string of the molecule is CC(C)c1noc(N2CCC3(CC2)Oc2ccc(-c4ccc(C=O)cc4)cc2CCC3(F)F)n1. The Kier molecular flexibility index (Phi) is 5.62. The smallest absolute Gasteiger partial charge is 0.324 e. The van der Waals surface area contributed by atoms with Crippen molar-refractivity contribution in [2.45, 2.75) is 57.0 Å². The molecule has 34 heavy (non-hydrogen) atoms. The Labute approximate surface area is 196 Å². The van der Waals surface area contributed by atoms with Crippen LogP contribution in [0.15, 0.2) is 47.0 Å². The van der Waals surface area contributed by atoms with E-state index in [2.05, 4.69) is 10.1 Å². The number of aryl methyl sites for hydroxylation is 1.